The molecule has 1 aliphatic rings. The minimum atomic E-state index is -0.598. The first kappa shape index (κ1) is 24.3. The molecule has 1 aliphatic carbocycles. The minimum absolute atomic E-state index is 0.197. The number of thioether (sulfide) groups is 1. The van der Waals surface area contributed by atoms with Crippen LogP contribution in [0.3, 0.4) is 0 Å². The molecule has 0 saturated carbocycles. The maximum atomic E-state index is 13.4. The fourth-order valence-electron chi connectivity index (χ4n) is 4.24. The Labute approximate surface area is 207 Å². The number of hydrogen-bond acceptors (Lipinski definition) is 8. The van der Waals surface area contributed by atoms with E-state index in [0.717, 1.165) is 48.3 Å². The van der Waals surface area contributed by atoms with Gasteiger partial charge in [-0.25, -0.2) is 4.79 Å². The van der Waals surface area contributed by atoms with Gasteiger partial charge in [0.15, 0.2) is 5.16 Å². The maximum Gasteiger partial charge on any atom is 0.341 e. The lowest BCUT2D eigenvalue weighted by Crippen LogP contribution is -2.27. The molecule has 1 unspecified atom stereocenters. The van der Waals surface area contributed by atoms with Gasteiger partial charge in [0.1, 0.15) is 11.0 Å². The van der Waals surface area contributed by atoms with Gasteiger partial charge in [-0.15, -0.1) is 21.5 Å². The summed E-state index contributed by atoms with van der Waals surface area (Å²) < 4.78 is 6.72. The summed E-state index contributed by atoms with van der Waals surface area (Å²) in [6.07, 6.45) is 5.21. The third-order valence-corrected chi connectivity index (χ3v) is 8.11. The monoisotopic (exact) mass is 499 g/mol. The zero-order chi connectivity index (χ0) is 24.1. The lowest BCUT2D eigenvalue weighted by atomic mass is 9.95. The number of rotatable bonds is 9. The number of aryl methyl sites for hydroxylation is 2. The predicted octanol–water partition coefficient (Wildman–Crippen LogP) is 4.51. The van der Waals surface area contributed by atoms with E-state index in [0.29, 0.717) is 22.1 Å². The molecule has 0 aliphatic heterocycles. The number of methoxy groups -OCH3 is 1. The van der Waals surface area contributed by atoms with Crippen molar-refractivity contribution in [2.45, 2.75) is 56.6 Å². The van der Waals surface area contributed by atoms with Crippen LogP contribution in [0.5, 0.6) is 0 Å². The Bertz CT molecular complexity index is 1160. The Hall–Kier alpha value is -2.85. The summed E-state index contributed by atoms with van der Waals surface area (Å²) in [6, 6.07) is 9.60. The molecule has 0 bridgehead atoms. The quantitative estimate of drug-likeness (QED) is 0.329. The van der Waals surface area contributed by atoms with Crippen molar-refractivity contribution >= 4 is 45.9 Å². The number of aromatic nitrogens is 3. The van der Waals surface area contributed by atoms with E-state index in [9.17, 15) is 9.59 Å². The van der Waals surface area contributed by atoms with E-state index in [-0.39, 0.29) is 11.9 Å². The first-order valence-electron chi connectivity index (χ1n) is 11.4. The van der Waals surface area contributed by atoms with Crippen molar-refractivity contribution in [3.63, 3.8) is 0 Å². The van der Waals surface area contributed by atoms with E-state index >= 15 is 0 Å². The van der Waals surface area contributed by atoms with Gasteiger partial charge in [-0.05, 0) is 49.7 Å². The summed E-state index contributed by atoms with van der Waals surface area (Å²) in [6.45, 7) is 1.92. The van der Waals surface area contributed by atoms with Crippen molar-refractivity contribution in [2.75, 3.05) is 23.9 Å². The number of esters is 1. The van der Waals surface area contributed by atoms with Gasteiger partial charge >= 0.3 is 5.97 Å². The van der Waals surface area contributed by atoms with Crippen LogP contribution in [0.4, 0.5) is 10.9 Å². The van der Waals surface area contributed by atoms with E-state index in [1.54, 1.807) is 4.57 Å². The minimum Gasteiger partial charge on any atom is -0.465 e. The zero-order valence-corrected chi connectivity index (χ0v) is 21.0. The van der Waals surface area contributed by atoms with E-state index < -0.39 is 12.0 Å². The molecular formula is C24H29N5O3S2. The normalized spacial score (nSPS) is 13.8. The molecule has 0 spiro atoms. The van der Waals surface area contributed by atoms with Gasteiger partial charge < -0.3 is 15.8 Å². The molecule has 1 aromatic carbocycles. The SMILES string of the molecule is CCC(C(=O)Nc1sc2c(c1C(=O)OC)CCCC2)n1c(N)nnc1SCCc1ccccc1. The summed E-state index contributed by atoms with van der Waals surface area (Å²) in [5.74, 6) is 0.318. The first-order chi connectivity index (χ1) is 16.5. The number of ether oxygens (including phenoxy) is 1. The third kappa shape index (κ3) is 5.12. The number of nitrogens with one attached hydrogen (secondary N) is 1. The molecule has 0 radical (unpaired) electrons. The number of thiophene rings is 1. The van der Waals surface area contributed by atoms with Crippen LogP contribution in [-0.2, 0) is 28.8 Å². The molecule has 0 saturated heterocycles. The zero-order valence-electron chi connectivity index (χ0n) is 19.4. The number of anilines is 2. The van der Waals surface area contributed by atoms with Crippen molar-refractivity contribution in [3.8, 4) is 0 Å². The van der Waals surface area contributed by atoms with Crippen molar-refractivity contribution in [1.82, 2.24) is 14.8 Å². The number of amides is 1. The standard InChI is InChI=1S/C24H29N5O3S2/c1-3-17(29-23(25)27-28-24(29)33-14-13-15-9-5-4-6-10-15)20(30)26-21-19(22(31)32-2)16-11-7-8-12-18(16)34-21/h4-6,9-10,17H,3,7-8,11-14H2,1-2H3,(H2,25,27)(H,26,30). The van der Waals surface area contributed by atoms with Gasteiger partial charge in [0.05, 0.1) is 12.7 Å². The van der Waals surface area contributed by atoms with Crippen LogP contribution in [0.1, 0.15) is 58.6 Å². The highest BCUT2D eigenvalue weighted by atomic mass is 32.2. The smallest absolute Gasteiger partial charge is 0.341 e. The Kier molecular flexibility index (Phi) is 7.89. The number of benzene rings is 1. The lowest BCUT2D eigenvalue weighted by molar-refractivity contribution is -0.119. The van der Waals surface area contributed by atoms with Crippen LogP contribution in [0, 0.1) is 0 Å². The molecular weight excluding hydrogens is 470 g/mol. The summed E-state index contributed by atoms with van der Waals surface area (Å²) >= 11 is 2.99. The van der Waals surface area contributed by atoms with Gasteiger partial charge in [0.25, 0.3) is 0 Å². The van der Waals surface area contributed by atoms with Crippen LogP contribution in [0.2, 0.25) is 0 Å². The van der Waals surface area contributed by atoms with Crippen LogP contribution < -0.4 is 11.1 Å². The summed E-state index contributed by atoms with van der Waals surface area (Å²) in [7, 11) is 1.37. The van der Waals surface area contributed by atoms with Crippen LogP contribution >= 0.6 is 23.1 Å². The van der Waals surface area contributed by atoms with Crippen molar-refractivity contribution in [1.29, 1.82) is 0 Å². The highest BCUT2D eigenvalue weighted by Crippen LogP contribution is 2.39. The molecule has 10 heteroatoms. The van der Waals surface area contributed by atoms with Crippen molar-refractivity contribution < 1.29 is 14.3 Å². The van der Waals surface area contributed by atoms with Gasteiger partial charge in [-0.1, -0.05) is 49.0 Å². The average molecular weight is 500 g/mol. The van der Waals surface area contributed by atoms with Crippen LogP contribution in [0.15, 0.2) is 35.5 Å². The second-order valence-electron chi connectivity index (χ2n) is 8.11. The highest BCUT2D eigenvalue weighted by Gasteiger charge is 2.30. The van der Waals surface area contributed by atoms with E-state index in [2.05, 4.69) is 27.6 Å². The van der Waals surface area contributed by atoms with Gasteiger partial charge in [0.2, 0.25) is 11.9 Å². The number of hydrogen-bond donors (Lipinski definition) is 2. The number of fused-ring (bicyclic) bond motifs is 1. The Balaban J connectivity index is 1.53. The van der Waals surface area contributed by atoms with E-state index in [1.807, 2.05) is 25.1 Å². The third-order valence-electron chi connectivity index (χ3n) is 5.95. The predicted molar refractivity (Wildman–Crippen MR) is 136 cm³/mol. The van der Waals surface area contributed by atoms with Gasteiger partial charge in [-0.2, -0.15) is 0 Å². The average Bonchev–Trinajstić information content (AvgIpc) is 3.40. The number of nitrogens with zero attached hydrogens (tertiary/aromatic N) is 3. The summed E-state index contributed by atoms with van der Waals surface area (Å²) in [4.78, 5) is 27.1. The molecule has 8 nitrogen and oxygen atoms in total. The topological polar surface area (TPSA) is 112 Å². The fourth-order valence-corrected chi connectivity index (χ4v) is 6.50. The molecule has 0 fully saturated rings. The summed E-state index contributed by atoms with van der Waals surface area (Å²) in [5.41, 5.74) is 8.86. The second kappa shape index (κ2) is 11.1. The molecule has 3 N–H and O–H groups in total. The molecule has 1 amide bonds. The lowest BCUT2D eigenvalue weighted by Gasteiger charge is -2.19. The second-order valence-corrected chi connectivity index (χ2v) is 10.3. The van der Waals surface area contributed by atoms with E-state index in [1.165, 1.54) is 35.8 Å². The Morgan fingerprint density at radius 1 is 1.24 bits per heavy atom. The van der Waals surface area contributed by atoms with E-state index in [4.69, 9.17) is 10.5 Å². The van der Waals surface area contributed by atoms with Crippen molar-refractivity contribution in [3.05, 3.63) is 51.9 Å². The highest BCUT2D eigenvalue weighted by molar-refractivity contribution is 7.99. The number of carbonyl (C=O) groups is 2. The van der Waals surface area contributed by atoms with Crippen LogP contribution in [0.25, 0.3) is 0 Å². The van der Waals surface area contributed by atoms with Gasteiger partial charge in [-0.3, -0.25) is 9.36 Å². The summed E-state index contributed by atoms with van der Waals surface area (Å²) in [5, 5.41) is 12.4. The molecule has 3 aromatic rings. The van der Waals surface area contributed by atoms with Gasteiger partial charge in [0, 0.05) is 10.6 Å². The Morgan fingerprint density at radius 3 is 2.74 bits per heavy atom. The largest absolute Gasteiger partial charge is 0.465 e. The molecule has 34 heavy (non-hydrogen) atoms. The maximum absolute atomic E-state index is 13.4. The molecule has 4 rings (SSSR count). The molecule has 2 aromatic heterocycles. The molecule has 2 heterocycles. The van der Waals surface area contributed by atoms with Crippen LogP contribution in [-0.4, -0.2) is 39.5 Å². The molecule has 180 valence electrons. The fraction of sp³-hybridized carbons (Fsp3) is 0.417. The Morgan fingerprint density at radius 2 is 2.00 bits per heavy atom. The van der Waals surface area contributed by atoms with Crippen molar-refractivity contribution in [2.24, 2.45) is 0 Å². The first-order valence-corrected chi connectivity index (χ1v) is 13.2. The number of nitrogens with two attached hydrogens (primary N) is 1. The molecule has 1 atom stereocenters. The number of carbonyl (C=O) groups excluding carboxylic acids is 2. The number of nitrogen functional groups attached to an aromatic ring is 1.